The number of hydrogen-bond donors (Lipinski definition) is 4. The number of hydrogen-bond acceptors (Lipinski definition) is 4. The number of anilines is 1. The predicted molar refractivity (Wildman–Crippen MR) is 108 cm³/mol. The molecule has 0 fully saturated rings. The minimum atomic E-state index is -0.294. The molecule has 0 aliphatic carbocycles. The van der Waals surface area contributed by atoms with Gasteiger partial charge >= 0.3 is 6.03 Å². The third-order valence-electron chi connectivity index (χ3n) is 4.22. The van der Waals surface area contributed by atoms with Crippen molar-refractivity contribution in [3.63, 3.8) is 0 Å². The van der Waals surface area contributed by atoms with E-state index < -0.39 is 0 Å². The number of fused-ring (bicyclic) bond motifs is 1. The van der Waals surface area contributed by atoms with Crippen LogP contribution in [0.2, 0.25) is 0 Å². The minimum Gasteiger partial charge on any atom is -0.383 e. The van der Waals surface area contributed by atoms with E-state index in [1.165, 1.54) is 0 Å². The van der Waals surface area contributed by atoms with Crippen LogP contribution in [0.4, 0.5) is 10.5 Å². The van der Waals surface area contributed by atoms with Crippen LogP contribution in [0.15, 0.2) is 54.9 Å². The highest BCUT2D eigenvalue weighted by Gasteiger charge is 2.15. The van der Waals surface area contributed by atoms with Crippen LogP contribution in [0.1, 0.15) is 0 Å². The van der Waals surface area contributed by atoms with Gasteiger partial charge in [-0.1, -0.05) is 0 Å². The van der Waals surface area contributed by atoms with Crippen molar-refractivity contribution in [3.8, 4) is 22.8 Å². The number of urea groups is 1. The van der Waals surface area contributed by atoms with Gasteiger partial charge in [0.2, 0.25) is 0 Å². The van der Waals surface area contributed by atoms with E-state index in [-0.39, 0.29) is 6.03 Å². The van der Waals surface area contributed by atoms with Gasteiger partial charge in [0.05, 0.1) is 29.0 Å². The van der Waals surface area contributed by atoms with Gasteiger partial charge in [-0.3, -0.25) is 0 Å². The van der Waals surface area contributed by atoms with Crippen molar-refractivity contribution < 1.29 is 9.53 Å². The molecule has 0 atom stereocenters. The largest absolute Gasteiger partial charge is 0.383 e. The summed E-state index contributed by atoms with van der Waals surface area (Å²) >= 11 is 0. The number of aromatic amines is 2. The molecule has 8 heteroatoms. The first-order chi connectivity index (χ1) is 13.7. The Labute approximate surface area is 161 Å². The molecule has 0 spiro atoms. The summed E-state index contributed by atoms with van der Waals surface area (Å²) in [4.78, 5) is 27.9. The zero-order valence-corrected chi connectivity index (χ0v) is 15.3. The van der Waals surface area contributed by atoms with Crippen molar-refractivity contribution in [3.05, 3.63) is 54.9 Å². The summed E-state index contributed by atoms with van der Waals surface area (Å²) in [7, 11) is 1.59. The average Bonchev–Trinajstić information content (AvgIpc) is 3.41. The first kappa shape index (κ1) is 17.7. The number of carbonyl (C=O) groups excluding carboxylic acids is 1. The molecule has 3 heterocycles. The quantitative estimate of drug-likeness (QED) is 0.387. The average molecular weight is 376 g/mol. The molecule has 0 bridgehead atoms. The Balaban J connectivity index is 1.69. The number of benzene rings is 1. The number of amides is 2. The minimum absolute atomic E-state index is 0.294. The Morgan fingerprint density at radius 2 is 1.68 bits per heavy atom. The number of nitrogens with one attached hydrogen (secondary N) is 4. The summed E-state index contributed by atoms with van der Waals surface area (Å²) in [5.74, 6) is 0. The topological polar surface area (TPSA) is 108 Å². The number of carbonyl (C=O) groups is 1. The monoisotopic (exact) mass is 376 g/mol. The van der Waals surface area contributed by atoms with Gasteiger partial charge in [-0.25, -0.2) is 14.8 Å². The van der Waals surface area contributed by atoms with Gasteiger partial charge in [-0.05, 0) is 42.5 Å². The molecule has 0 saturated carbocycles. The number of nitrogens with zero attached hydrogens (tertiary/aromatic N) is 2. The molecule has 4 rings (SSSR count). The van der Waals surface area contributed by atoms with Crippen LogP contribution in [-0.2, 0) is 4.74 Å². The maximum Gasteiger partial charge on any atom is 0.319 e. The standard InChI is InChI=1S/C20H20N6O2/c1-28-11-10-23-20(27)24-13-6-7-14-17(12-13)26-19(16-5-3-9-22-16)18(25-14)15-4-2-8-21-15/h2-9,12,21-22H,10-11H2,1H3,(H2,23,24,27). The Kier molecular flexibility index (Phi) is 5.03. The molecule has 0 unspecified atom stereocenters. The zero-order chi connectivity index (χ0) is 19.3. The number of aromatic nitrogens is 4. The van der Waals surface area contributed by atoms with E-state index in [1.54, 1.807) is 13.2 Å². The molecule has 4 aromatic rings. The van der Waals surface area contributed by atoms with Crippen LogP contribution >= 0.6 is 0 Å². The van der Waals surface area contributed by atoms with Gasteiger partial charge < -0.3 is 25.3 Å². The molecule has 4 N–H and O–H groups in total. The molecule has 1 aromatic carbocycles. The summed E-state index contributed by atoms with van der Waals surface area (Å²) < 4.78 is 4.92. The molecule has 3 aromatic heterocycles. The van der Waals surface area contributed by atoms with Crippen molar-refractivity contribution in [2.75, 3.05) is 25.6 Å². The molecule has 8 nitrogen and oxygen atoms in total. The number of methoxy groups -OCH3 is 1. The molecule has 2 amide bonds. The Morgan fingerprint density at radius 3 is 2.29 bits per heavy atom. The number of ether oxygens (including phenoxy) is 1. The van der Waals surface area contributed by atoms with Gasteiger partial charge in [0.25, 0.3) is 0 Å². The third kappa shape index (κ3) is 3.72. The second-order valence-corrected chi connectivity index (χ2v) is 6.17. The summed E-state index contributed by atoms with van der Waals surface area (Å²) in [6.07, 6.45) is 3.71. The highest BCUT2D eigenvalue weighted by Crippen LogP contribution is 2.29. The van der Waals surface area contributed by atoms with E-state index in [0.717, 1.165) is 28.3 Å². The molecular weight excluding hydrogens is 356 g/mol. The molecule has 0 aliphatic rings. The fraction of sp³-hybridized carbons (Fsp3) is 0.150. The van der Waals surface area contributed by atoms with Gasteiger partial charge in [-0.2, -0.15) is 0 Å². The van der Waals surface area contributed by atoms with E-state index >= 15 is 0 Å². The van der Waals surface area contributed by atoms with Crippen molar-refractivity contribution in [2.24, 2.45) is 0 Å². The predicted octanol–water partition coefficient (Wildman–Crippen LogP) is 3.39. The Hall–Kier alpha value is -3.65. The van der Waals surface area contributed by atoms with Crippen LogP contribution in [-0.4, -0.2) is 46.2 Å². The van der Waals surface area contributed by atoms with Crippen LogP contribution < -0.4 is 10.6 Å². The third-order valence-corrected chi connectivity index (χ3v) is 4.22. The summed E-state index contributed by atoms with van der Waals surface area (Å²) in [5, 5.41) is 5.52. The lowest BCUT2D eigenvalue weighted by Gasteiger charge is -2.10. The first-order valence-corrected chi connectivity index (χ1v) is 8.88. The smallest absolute Gasteiger partial charge is 0.319 e. The molecule has 142 valence electrons. The van der Waals surface area contributed by atoms with Gasteiger partial charge in [0, 0.05) is 31.7 Å². The van der Waals surface area contributed by atoms with Crippen LogP contribution in [0.5, 0.6) is 0 Å². The van der Waals surface area contributed by atoms with E-state index in [4.69, 9.17) is 14.7 Å². The molecular formula is C20H20N6O2. The number of H-pyrrole nitrogens is 2. The van der Waals surface area contributed by atoms with E-state index in [9.17, 15) is 4.79 Å². The van der Waals surface area contributed by atoms with Gasteiger partial charge in [0.15, 0.2) is 0 Å². The molecule has 0 saturated heterocycles. The Morgan fingerprint density at radius 1 is 1.00 bits per heavy atom. The van der Waals surface area contributed by atoms with Crippen molar-refractivity contribution in [2.45, 2.75) is 0 Å². The number of rotatable bonds is 6. The fourth-order valence-electron chi connectivity index (χ4n) is 2.90. The lowest BCUT2D eigenvalue weighted by atomic mass is 10.1. The molecule has 0 aliphatic heterocycles. The SMILES string of the molecule is COCCNC(=O)Nc1ccc2nc(-c3ccc[nH]3)c(-c3ccc[nH]3)nc2c1. The fourth-order valence-corrected chi connectivity index (χ4v) is 2.90. The van der Waals surface area contributed by atoms with Crippen LogP contribution in [0, 0.1) is 0 Å². The first-order valence-electron chi connectivity index (χ1n) is 8.88. The lowest BCUT2D eigenvalue weighted by molar-refractivity contribution is 0.198. The second-order valence-electron chi connectivity index (χ2n) is 6.17. The van der Waals surface area contributed by atoms with E-state index in [1.807, 2.05) is 48.8 Å². The summed E-state index contributed by atoms with van der Waals surface area (Å²) in [6.45, 7) is 0.893. The summed E-state index contributed by atoms with van der Waals surface area (Å²) in [6, 6.07) is 12.9. The normalized spacial score (nSPS) is 10.9. The Bertz CT molecular complexity index is 1070. The second kappa shape index (κ2) is 7.93. The van der Waals surface area contributed by atoms with Gasteiger partial charge in [-0.15, -0.1) is 0 Å². The van der Waals surface area contributed by atoms with Crippen molar-refractivity contribution >= 4 is 22.8 Å². The van der Waals surface area contributed by atoms with Crippen LogP contribution in [0.3, 0.4) is 0 Å². The molecule has 28 heavy (non-hydrogen) atoms. The zero-order valence-electron chi connectivity index (χ0n) is 15.3. The maximum atomic E-state index is 12.0. The van der Waals surface area contributed by atoms with E-state index in [2.05, 4.69) is 20.6 Å². The van der Waals surface area contributed by atoms with Crippen molar-refractivity contribution in [1.29, 1.82) is 0 Å². The van der Waals surface area contributed by atoms with Crippen LogP contribution in [0.25, 0.3) is 33.8 Å². The highest BCUT2D eigenvalue weighted by molar-refractivity contribution is 5.93. The summed E-state index contributed by atoms with van der Waals surface area (Å²) in [5.41, 5.74) is 5.33. The van der Waals surface area contributed by atoms with Gasteiger partial charge in [0.1, 0.15) is 11.4 Å². The van der Waals surface area contributed by atoms with Crippen molar-refractivity contribution in [1.82, 2.24) is 25.3 Å². The maximum absolute atomic E-state index is 12.0. The van der Waals surface area contributed by atoms with E-state index in [0.29, 0.717) is 24.4 Å². The lowest BCUT2D eigenvalue weighted by Crippen LogP contribution is -2.31. The molecule has 0 radical (unpaired) electrons. The highest BCUT2D eigenvalue weighted by atomic mass is 16.5.